The van der Waals surface area contributed by atoms with Gasteiger partial charge in [0.25, 0.3) is 0 Å². The van der Waals surface area contributed by atoms with E-state index in [0.29, 0.717) is 5.92 Å². The van der Waals surface area contributed by atoms with Gasteiger partial charge in [0.2, 0.25) is 5.91 Å². The molecule has 6 heteroatoms. The second-order valence-corrected chi connectivity index (χ2v) is 10.1. The van der Waals surface area contributed by atoms with Crippen molar-refractivity contribution < 1.29 is 9.53 Å². The zero-order chi connectivity index (χ0) is 22.0. The summed E-state index contributed by atoms with van der Waals surface area (Å²) in [6.45, 7) is 12.3. The predicted octanol–water partition coefficient (Wildman–Crippen LogP) is 3.82. The molecule has 2 aliphatic rings. The van der Waals surface area contributed by atoms with Crippen LogP contribution >= 0.6 is 0 Å². The molecular formula is C25H36N4O2. The number of fused-ring (bicyclic) bond motifs is 1. The van der Waals surface area contributed by atoms with E-state index in [1.807, 2.05) is 10.8 Å². The van der Waals surface area contributed by atoms with Crippen LogP contribution in [0.25, 0.3) is 0 Å². The molecule has 0 aliphatic carbocycles. The molecule has 0 radical (unpaired) electrons. The van der Waals surface area contributed by atoms with Crippen molar-refractivity contribution in [2.45, 2.75) is 65.1 Å². The number of para-hydroxylation sites is 1. The highest BCUT2D eigenvalue weighted by atomic mass is 16.5. The molecule has 1 saturated heterocycles. The maximum absolute atomic E-state index is 12.8. The molecule has 1 atom stereocenters. The number of hydrogen-bond donors (Lipinski definition) is 1. The van der Waals surface area contributed by atoms with E-state index in [1.165, 1.54) is 11.1 Å². The lowest BCUT2D eigenvalue weighted by Crippen LogP contribution is -2.41. The van der Waals surface area contributed by atoms with Crippen molar-refractivity contribution in [3.05, 3.63) is 48.0 Å². The molecule has 1 fully saturated rings. The largest absolute Gasteiger partial charge is 0.487 e. The number of ether oxygens (including phenoxy) is 1. The van der Waals surface area contributed by atoms with Crippen LogP contribution in [0.3, 0.4) is 0 Å². The Kier molecular flexibility index (Phi) is 6.37. The average molecular weight is 425 g/mol. The Morgan fingerprint density at radius 1 is 1.29 bits per heavy atom. The molecule has 0 saturated carbocycles. The van der Waals surface area contributed by atoms with E-state index in [4.69, 9.17) is 4.74 Å². The SMILES string of the molecule is CC(C)C(C(=O)NCC1CCN(Cc2cccc3c2OC(C)(C)C3)CC1)n1ccnc1. The van der Waals surface area contributed by atoms with E-state index >= 15 is 0 Å². The van der Waals surface area contributed by atoms with Gasteiger partial charge in [0.1, 0.15) is 17.4 Å². The van der Waals surface area contributed by atoms with Crippen LogP contribution in [0.2, 0.25) is 0 Å². The maximum atomic E-state index is 12.8. The highest BCUT2D eigenvalue weighted by Gasteiger charge is 2.32. The molecule has 0 bridgehead atoms. The highest BCUT2D eigenvalue weighted by Crippen LogP contribution is 2.38. The molecule has 1 unspecified atom stereocenters. The van der Waals surface area contributed by atoms with E-state index in [0.717, 1.165) is 51.2 Å². The molecular weight excluding hydrogens is 388 g/mol. The second-order valence-electron chi connectivity index (χ2n) is 10.1. The van der Waals surface area contributed by atoms with Crippen LogP contribution in [-0.2, 0) is 17.8 Å². The summed E-state index contributed by atoms with van der Waals surface area (Å²) in [7, 11) is 0. The number of carbonyl (C=O) groups excluding carboxylic acids is 1. The van der Waals surface area contributed by atoms with E-state index in [2.05, 4.69) is 61.1 Å². The first-order valence-electron chi connectivity index (χ1n) is 11.6. The summed E-state index contributed by atoms with van der Waals surface area (Å²) in [6.07, 6.45) is 8.53. The quantitative estimate of drug-likeness (QED) is 0.734. The minimum absolute atomic E-state index is 0.0926. The fourth-order valence-electron chi connectivity index (χ4n) is 4.96. The number of nitrogens with zero attached hydrogens (tertiary/aromatic N) is 3. The topological polar surface area (TPSA) is 59.4 Å². The lowest BCUT2D eigenvalue weighted by atomic mass is 9.95. The number of rotatable bonds is 7. The summed E-state index contributed by atoms with van der Waals surface area (Å²) < 4.78 is 8.15. The molecule has 2 aliphatic heterocycles. The van der Waals surface area contributed by atoms with Gasteiger partial charge in [-0.05, 0) is 57.2 Å². The normalized spacial score (nSPS) is 19.8. The summed E-state index contributed by atoms with van der Waals surface area (Å²) in [4.78, 5) is 19.4. The molecule has 168 valence electrons. The van der Waals surface area contributed by atoms with Crippen molar-refractivity contribution >= 4 is 5.91 Å². The lowest BCUT2D eigenvalue weighted by molar-refractivity contribution is -0.125. The van der Waals surface area contributed by atoms with Crippen LogP contribution in [0.5, 0.6) is 5.75 Å². The number of piperidine rings is 1. The van der Waals surface area contributed by atoms with Crippen LogP contribution in [-0.4, -0.2) is 45.6 Å². The van der Waals surface area contributed by atoms with E-state index < -0.39 is 0 Å². The Bertz CT molecular complexity index is 883. The van der Waals surface area contributed by atoms with Gasteiger partial charge in [-0.25, -0.2) is 4.98 Å². The van der Waals surface area contributed by atoms with Crippen molar-refractivity contribution in [1.82, 2.24) is 19.8 Å². The highest BCUT2D eigenvalue weighted by molar-refractivity contribution is 5.80. The zero-order valence-corrected chi connectivity index (χ0v) is 19.3. The minimum Gasteiger partial charge on any atom is -0.487 e. The number of amides is 1. The molecule has 1 aromatic heterocycles. The summed E-state index contributed by atoms with van der Waals surface area (Å²) in [5.74, 6) is 1.94. The first kappa shape index (κ1) is 21.9. The van der Waals surface area contributed by atoms with Crippen molar-refractivity contribution in [3.63, 3.8) is 0 Å². The fraction of sp³-hybridized carbons (Fsp3) is 0.600. The van der Waals surface area contributed by atoms with Gasteiger partial charge in [0, 0.05) is 37.5 Å². The number of likely N-dealkylation sites (tertiary alicyclic amines) is 1. The molecule has 1 aromatic carbocycles. The van der Waals surface area contributed by atoms with Gasteiger partial charge in [-0.1, -0.05) is 32.0 Å². The molecule has 0 spiro atoms. The standard InChI is InChI=1S/C25H36N4O2/c1-18(2)22(29-13-10-26-17-29)24(30)27-15-19-8-11-28(12-9-19)16-21-7-5-6-20-14-25(3,4)31-23(20)21/h5-7,10,13,17-19,22H,8-9,11-12,14-16H2,1-4H3,(H,27,30). The van der Waals surface area contributed by atoms with Crippen molar-refractivity contribution in [2.24, 2.45) is 11.8 Å². The van der Waals surface area contributed by atoms with Crippen LogP contribution in [0.4, 0.5) is 0 Å². The fourth-order valence-corrected chi connectivity index (χ4v) is 4.96. The van der Waals surface area contributed by atoms with E-state index in [1.54, 1.807) is 12.5 Å². The third kappa shape index (κ3) is 5.12. The number of benzene rings is 1. The van der Waals surface area contributed by atoms with Gasteiger partial charge < -0.3 is 14.6 Å². The van der Waals surface area contributed by atoms with Gasteiger partial charge >= 0.3 is 0 Å². The van der Waals surface area contributed by atoms with Crippen LogP contribution in [0, 0.1) is 11.8 Å². The first-order valence-corrected chi connectivity index (χ1v) is 11.6. The molecule has 1 amide bonds. The van der Waals surface area contributed by atoms with Crippen LogP contribution in [0.1, 0.15) is 57.7 Å². The number of carbonyl (C=O) groups is 1. The number of imidazole rings is 1. The van der Waals surface area contributed by atoms with Gasteiger partial charge in [0.05, 0.1) is 6.33 Å². The Balaban J connectivity index is 1.27. The van der Waals surface area contributed by atoms with Crippen molar-refractivity contribution in [3.8, 4) is 5.75 Å². The van der Waals surface area contributed by atoms with E-state index in [-0.39, 0.29) is 23.5 Å². The van der Waals surface area contributed by atoms with Crippen LogP contribution < -0.4 is 10.1 Å². The monoisotopic (exact) mass is 424 g/mol. The van der Waals surface area contributed by atoms with Crippen LogP contribution in [0.15, 0.2) is 36.9 Å². The van der Waals surface area contributed by atoms with Gasteiger partial charge in [-0.2, -0.15) is 0 Å². The van der Waals surface area contributed by atoms with Gasteiger partial charge in [0.15, 0.2) is 0 Å². The summed E-state index contributed by atoms with van der Waals surface area (Å²) in [6, 6.07) is 6.35. The summed E-state index contributed by atoms with van der Waals surface area (Å²) in [5, 5.41) is 3.20. The number of aromatic nitrogens is 2. The van der Waals surface area contributed by atoms with Crippen molar-refractivity contribution in [1.29, 1.82) is 0 Å². The lowest BCUT2D eigenvalue weighted by Gasteiger charge is -2.33. The van der Waals surface area contributed by atoms with Gasteiger partial charge in [-0.15, -0.1) is 0 Å². The molecule has 2 aromatic rings. The second kappa shape index (κ2) is 9.03. The number of nitrogens with one attached hydrogen (secondary N) is 1. The Labute approximate surface area is 186 Å². The third-order valence-corrected chi connectivity index (χ3v) is 6.58. The molecule has 1 N–H and O–H groups in total. The smallest absolute Gasteiger partial charge is 0.243 e. The Morgan fingerprint density at radius 3 is 2.74 bits per heavy atom. The maximum Gasteiger partial charge on any atom is 0.243 e. The third-order valence-electron chi connectivity index (χ3n) is 6.58. The summed E-state index contributed by atoms with van der Waals surface area (Å²) in [5.41, 5.74) is 2.53. The van der Waals surface area contributed by atoms with Crippen molar-refractivity contribution in [2.75, 3.05) is 19.6 Å². The molecule has 6 nitrogen and oxygen atoms in total. The first-order chi connectivity index (χ1) is 14.8. The van der Waals surface area contributed by atoms with Gasteiger partial charge in [-0.3, -0.25) is 9.69 Å². The minimum atomic E-state index is -0.202. The molecule has 4 rings (SSSR count). The van der Waals surface area contributed by atoms with E-state index in [9.17, 15) is 4.79 Å². The Hall–Kier alpha value is -2.34. The number of hydrogen-bond acceptors (Lipinski definition) is 4. The average Bonchev–Trinajstić information content (AvgIpc) is 3.34. The predicted molar refractivity (Wildman–Crippen MR) is 122 cm³/mol. The zero-order valence-electron chi connectivity index (χ0n) is 19.3. The molecule has 31 heavy (non-hydrogen) atoms. The Morgan fingerprint density at radius 2 is 2.06 bits per heavy atom. The summed E-state index contributed by atoms with van der Waals surface area (Å²) >= 11 is 0. The molecule has 3 heterocycles.